The van der Waals surface area contributed by atoms with Crippen LogP contribution in [-0.2, 0) is 0 Å². The molecule has 0 unspecified atom stereocenters. The molecule has 0 radical (unpaired) electrons. The third-order valence-corrected chi connectivity index (χ3v) is 3.95. The number of hydrogen-bond donors (Lipinski definition) is 1. The zero-order valence-corrected chi connectivity index (χ0v) is 11.3. The van der Waals surface area contributed by atoms with E-state index in [9.17, 15) is 9.90 Å². The summed E-state index contributed by atoms with van der Waals surface area (Å²) in [7, 11) is 1.82. The molecule has 0 heterocycles. The summed E-state index contributed by atoms with van der Waals surface area (Å²) in [5, 5.41) is 9.84. The van der Waals surface area contributed by atoms with E-state index in [1.807, 2.05) is 7.05 Å². The van der Waals surface area contributed by atoms with Crippen molar-refractivity contribution in [2.45, 2.75) is 38.1 Å². The maximum absolute atomic E-state index is 12.3. The molecule has 1 fully saturated rings. The van der Waals surface area contributed by atoms with Crippen LogP contribution >= 0.6 is 11.6 Å². The Labute approximate surface area is 112 Å². The van der Waals surface area contributed by atoms with Gasteiger partial charge in [0.15, 0.2) is 0 Å². The van der Waals surface area contributed by atoms with Crippen LogP contribution in [0, 0.1) is 0 Å². The number of phenols is 1. The molecule has 1 aromatic carbocycles. The predicted octanol–water partition coefficient (Wildman–Crippen LogP) is 3.45. The van der Waals surface area contributed by atoms with E-state index in [1.165, 1.54) is 31.4 Å². The summed E-state index contributed by atoms with van der Waals surface area (Å²) >= 11 is 6.02. The van der Waals surface area contributed by atoms with Gasteiger partial charge in [0.2, 0.25) is 0 Å². The van der Waals surface area contributed by atoms with Gasteiger partial charge in [0.1, 0.15) is 5.75 Å². The summed E-state index contributed by atoms with van der Waals surface area (Å²) in [6.45, 7) is 0. The monoisotopic (exact) mass is 267 g/mol. The fourth-order valence-electron chi connectivity index (χ4n) is 2.50. The first-order valence-electron chi connectivity index (χ1n) is 6.35. The summed E-state index contributed by atoms with van der Waals surface area (Å²) < 4.78 is 0. The summed E-state index contributed by atoms with van der Waals surface area (Å²) in [6, 6.07) is 4.77. The summed E-state index contributed by atoms with van der Waals surface area (Å²) in [4.78, 5) is 14.1. The van der Waals surface area contributed by atoms with Crippen LogP contribution in [0.1, 0.15) is 42.5 Å². The summed E-state index contributed by atoms with van der Waals surface area (Å²) in [5.74, 6) is -0.0393. The Morgan fingerprint density at radius 3 is 2.67 bits per heavy atom. The van der Waals surface area contributed by atoms with Gasteiger partial charge in [-0.15, -0.1) is 0 Å². The highest BCUT2D eigenvalue weighted by Gasteiger charge is 2.24. The quantitative estimate of drug-likeness (QED) is 0.892. The minimum absolute atomic E-state index is 0.0693. The molecule has 4 heteroatoms. The fourth-order valence-corrected chi connectivity index (χ4v) is 2.70. The van der Waals surface area contributed by atoms with E-state index >= 15 is 0 Å². The molecule has 1 aliphatic carbocycles. The Hall–Kier alpha value is -1.22. The molecule has 0 spiro atoms. The third-order valence-electron chi connectivity index (χ3n) is 3.62. The number of rotatable bonds is 2. The van der Waals surface area contributed by atoms with Gasteiger partial charge < -0.3 is 10.0 Å². The normalized spacial score (nSPS) is 16.6. The van der Waals surface area contributed by atoms with Gasteiger partial charge in [0.05, 0.1) is 10.6 Å². The highest BCUT2D eigenvalue weighted by atomic mass is 35.5. The largest absolute Gasteiger partial charge is 0.508 e. The number of hydrogen-bond acceptors (Lipinski definition) is 2. The van der Waals surface area contributed by atoms with Crippen molar-refractivity contribution in [3.05, 3.63) is 28.8 Å². The van der Waals surface area contributed by atoms with Gasteiger partial charge in [0, 0.05) is 13.1 Å². The average Bonchev–Trinajstić information content (AvgIpc) is 2.41. The van der Waals surface area contributed by atoms with Crippen LogP contribution in [-0.4, -0.2) is 29.0 Å². The molecule has 1 saturated carbocycles. The number of carbonyl (C=O) groups is 1. The van der Waals surface area contributed by atoms with Gasteiger partial charge in [-0.3, -0.25) is 4.79 Å². The lowest BCUT2D eigenvalue weighted by molar-refractivity contribution is 0.0696. The van der Waals surface area contributed by atoms with E-state index < -0.39 is 0 Å². The highest BCUT2D eigenvalue weighted by Crippen LogP contribution is 2.26. The maximum atomic E-state index is 12.3. The molecular weight excluding hydrogens is 250 g/mol. The number of nitrogens with zero attached hydrogens (tertiary/aromatic N) is 1. The molecule has 3 nitrogen and oxygen atoms in total. The molecule has 2 rings (SSSR count). The van der Waals surface area contributed by atoms with E-state index in [0.717, 1.165) is 12.8 Å². The average molecular weight is 268 g/mol. The van der Waals surface area contributed by atoms with Gasteiger partial charge in [0.25, 0.3) is 5.91 Å². The van der Waals surface area contributed by atoms with Crippen LogP contribution in [0.15, 0.2) is 18.2 Å². The third kappa shape index (κ3) is 2.78. The Kier molecular flexibility index (Phi) is 4.12. The van der Waals surface area contributed by atoms with E-state index in [2.05, 4.69) is 0 Å². The zero-order chi connectivity index (χ0) is 13.1. The molecule has 1 N–H and O–H groups in total. The smallest absolute Gasteiger partial charge is 0.255 e. The molecule has 18 heavy (non-hydrogen) atoms. The molecule has 0 saturated heterocycles. The molecule has 0 bridgehead atoms. The summed E-state index contributed by atoms with van der Waals surface area (Å²) in [5.41, 5.74) is 0.379. The van der Waals surface area contributed by atoms with Crippen molar-refractivity contribution in [1.29, 1.82) is 0 Å². The molecular formula is C14H18ClNO2. The van der Waals surface area contributed by atoms with Crippen molar-refractivity contribution in [2.24, 2.45) is 0 Å². The van der Waals surface area contributed by atoms with Crippen molar-refractivity contribution in [2.75, 3.05) is 7.05 Å². The van der Waals surface area contributed by atoms with Gasteiger partial charge >= 0.3 is 0 Å². The van der Waals surface area contributed by atoms with Crippen LogP contribution in [0.3, 0.4) is 0 Å². The standard InChI is InChI=1S/C14H18ClNO2/c1-16(10-5-3-2-4-6-10)14(18)12-9-11(17)7-8-13(12)15/h7-10,17H,2-6H2,1H3. The Bertz CT molecular complexity index is 441. The van der Waals surface area contributed by atoms with E-state index in [4.69, 9.17) is 11.6 Å². The molecule has 1 aliphatic rings. The molecule has 1 amide bonds. The lowest BCUT2D eigenvalue weighted by atomic mass is 9.94. The first-order chi connectivity index (χ1) is 8.59. The van der Waals surface area contributed by atoms with Gasteiger partial charge in [-0.2, -0.15) is 0 Å². The number of carbonyl (C=O) groups excluding carboxylic acids is 1. The summed E-state index contributed by atoms with van der Waals surface area (Å²) in [6.07, 6.45) is 5.72. The maximum Gasteiger partial charge on any atom is 0.255 e. The van der Waals surface area contributed by atoms with Crippen molar-refractivity contribution in [1.82, 2.24) is 4.90 Å². The molecule has 0 aliphatic heterocycles. The molecule has 0 aromatic heterocycles. The predicted molar refractivity (Wildman–Crippen MR) is 72.1 cm³/mol. The van der Waals surface area contributed by atoms with Gasteiger partial charge in [-0.25, -0.2) is 0 Å². The first kappa shape index (κ1) is 13.2. The molecule has 98 valence electrons. The first-order valence-corrected chi connectivity index (χ1v) is 6.73. The Balaban J connectivity index is 2.16. The van der Waals surface area contributed by atoms with Crippen LogP contribution in [0.25, 0.3) is 0 Å². The van der Waals surface area contributed by atoms with Crippen molar-refractivity contribution in [3.63, 3.8) is 0 Å². The van der Waals surface area contributed by atoms with E-state index in [0.29, 0.717) is 16.6 Å². The second kappa shape index (κ2) is 5.61. The minimum atomic E-state index is -0.109. The van der Waals surface area contributed by atoms with E-state index in [1.54, 1.807) is 11.0 Å². The lowest BCUT2D eigenvalue weighted by Crippen LogP contribution is -2.38. The van der Waals surface area contributed by atoms with Crippen LogP contribution in [0.2, 0.25) is 5.02 Å². The van der Waals surface area contributed by atoms with Crippen molar-refractivity contribution >= 4 is 17.5 Å². The van der Waals surface area contributed by atoms with Gasteiger partial charge in [-0.1, -0.05) is 30.9 Å². The lowest BCUT2D eigenvalue weighted by Gasteiger charge is -2.31. The second-order valence-corrected chi connectivity index (χ2v) is 5.28. The van der Waals surface area contributed by atoms with Gasteiger partial charge in [-0.05, 0) is 31.0 Å². The van der Waals surface area contributed by atoms with E-state index in [-0.39, 0.29) is 11.7 Å². The topological polar surface area (TPSA) is 40.5 Å². The van der Waals surface area contributed by atoms with Crippen molar-refractivity contribution in [3.8, 4) is 5.75 Å². The minimum Gasteiger partial charge on any atom is -0.508 e. The Morgan fingerprint density at radius 2 is 2.00 bits per heavy atom. The number of phenolic OH excluding ortho intramolecular Hbond substituents is 1. The number of halogens is 1. The highest BCUT2D eigenvalue weighted by molar-refractivity contribution is 6.33. The Morgan fingerprint density at radius 1 is 1.33 bits per heavy atom. The van der Waals surface area contributed by atoms with Crippen LogP contribution in [0.4, 0.5) is 0 Å². The van der Waals surface area contributed by atoms with Crippen LogP contribution < -0.4 is 0 Å². The van der Waals surface area contributed by atoms with Crippen molar-refractivity contribution < 1.29 is 9.90 Å². The van der Waals surface area contributed by atoms with Crippen LogP contribution in [0.5, 0.6) is 5.75 Å². The second-order valence-electron chi connectivity index (χ2n) is 4.87. The number of amides is 1. The molecule has 1 aromatic rings. The molecule has 0 atom stereocenters. The number of aromatic hydroxyl groups is 1. The number of benzene rings is 1. The fraction of sp³-hybridized carbons (Fsp3) is 0.500. The zero-order valence-electron chi connectivity index (χ0n) is 10.5. The SMILES string of the molecule is CN(C(=O)c1cc(O)ccc1Cl)C1CCCCC1.